The van der Waals surface area contributed by atoms with Crippen LogP contribution in [0.2, 0.25) is 0 Å². The van der Waals surface area contributed by atoms with Gasteiger partial charge in [0.1, 0.15) is 5.75 Å². The van der Waals surface area contributed by atoms with Crippen LogP contribution in [0.4, 0.5) is 0 Å². The second-order valence-corrected chi connectivity index (χ2v) is 7.30. The number of aliphatic hydroxyl groups excluding tert-OH is 1. The second-order valence-electron chi connectivity index (χ2n) is 4.26. The van der Waals surface area contributed by atoms with Crippen LogP contribution in [0.3, 0.4) is 0 Å². The highest BCUT2D eigenvalue weighted by molar-refractivity contribution is 7.99. The van der Waals surface area contributed by atoms with Crippen LogP contribution >= 0.6 is 11.8 Å². The summed E-state index contributed by atoms with van der Waals surface area (Å²) in [6.07, 6.45) is 1.93. The summed E-state index contributed by atoms with van der Waals surface area (Å²) in [5, 5.41) is 9.49. The molecule has 0 saturated carbocycles. The molecule has 1 aromatic rings. The van der Waals surface area contributed by atoms with Gasteiger partial charge in [-0.2, -0.15) is 11.8 Å². The van der Waals surface area contributed by atoms with Crippen LogP contribution in [-0.2, 0) is 16.6 Å². The van der Waals surface area contributed by atoms with E-state index in [1.54, 1.807) is 17.8 Å². The average molecular weight is 319 g/mol. The Hall–Kier alpha value is -0.760. The van der Waals surface area contributed by atoms with Crippen molar-refractivity contribution in [3.8, 4) is 5.75 Å². The smallest absolute Gasteiger partial charge is 0.240 e. The zero-order valence-electron chi connectivity index (χ0n) is 11.9. The lowest BCUT2D eigenvalue weighted by Crippen LogP contribution is -2.29. The molecule has 1 rings (SSSR count). The van der Waals surface area contributed by atoms with Gasteiger partial charge in [-0.1, -0.05) is 6.92 Å². The fourth-order valence-electron chi connectivity index (χ4n) is 1.54. The van der Waals surface area contributed by atoms with Crippen LogP contribution in [0.1, 0.15) is 19.4 Å². The van der Waals surface area contributed by atoms with Crippen molar-refractivity contribution in [3.05, 3.63) is 23.8 Å². The average Bonchev–Trinajstić information content (AvgIpc) is 2.45. The van der Waals surface area contributed by atoms with Gasteiger partial charge in [0.05, 0.1) is 18.1 Å². The highest BCUT2D eigenvalue weighted by atomic mass is 32.2. The molecular weight excluding hydrogens is 298 g/mol. The molecule has 0 aliphatic carbocycles. The number of aliphatic hydroxyl groups is 1. The van der Waals surface area contributed by atoms with E-state index < -0.39 is 10.0 Å². The quantitative estimate of drug-likeness (QED) is 0.761. The molecule has 1 atom stereocenters. The van der Waals surface area contributed by atoms with Crippen molar-refractivity contribution >= 4 is 21.8 Å². The van der Waals surface area contributed by atoms with Crippen molar-refractivity contribution in [1.82, 2.24) is 4.72 Å². The number of sulfonamides is 1. The summed E-state index contributed by atoms with van der Waals surface area (Å²) < 4.78 is 32.2. The molecule has 7 heteroatoms. The highest BCUT2D eigenvalue weighted by Crippen LogP contribution is 2.23. The molecule has 0 amide bonds. The fourth-order valence-corrected chi connectivity index (χ4v) is 3.07. The van der Waals surface area contributed by atoms with Crippen LogP contribution in [0.15, 0.2) is 23.1 Å². The first-order chi connectivity index (χ1) is 9.44. The minimum atomic E-state index is -3.56. The van der Waals surface area contributed by atoms with Gasteiger partial charge in [-0.3, -0.25) is 0 Å². The molecule has 0 aromatic heterocycles. The first-order valence-electron chi connectivity index (χ1n) is 6.33. The van der Waals surface area contributed by atoms with Crippen LogP contribution in [0.25, 0.3) is 0 Å². The van der Waals surface area contributed by atoms with Gasteiger partial charge in [0.25, 0.3) is 0 Å². The lowest BCUT2D eigenvalue weighted by Gasteiger charge is -2.13. The standard InChI is InChI=1S/C13H21NO4S2/c1-4-18-13-6-5-12(7-11(13)9-15)20(16,17)14-8-10(2)19-3/h5-7,10,14-15H,4,8-9H2,1-3H3. The van der Waals surface area contributed by atoms with Crippen molar-refractivity contribution in [3.63, 3.8) is 0 Å². The monoisotopic (exact) mass is 319 g/mol. The number of benzene rings is 1. The van der Waals surface area contributed by atoms with Crippen LogP contribution in [-0.4, -0.2) is 38.2 Å². The van der Waals surface area contributed by atoms with Crippen LogP contribution < -0.4 is 9.46 Å². The Kier molecular flexibility index (Phi) is 6.81. The Morgan fingerprint density at radius 2 is 2.15 bits per heavy atom. The van der Waals surface area contributed by atoms with E-state index in [2.05, 4.69) is 4.72 Å². The summed E-state index contributed by atoms with van der Waals surface area (Å²) in [7, 11) is -3.56. The molecule has 1 aromatic carbocycles. The Balaban J connectivity index is 2.95. The van der Waals surface area contributed by atoms with Gasteiger partial charge in [-0.15, -0.1) is 0 Å². The second kappa shape index (κ2) is 7.87. The van der Waals surface area contributed by atoms with E-state index in [1.165, 1.54) is 12.1 Å². The molecule has 0 fully saturated rings. The predicted molar refractivity (Wildman–Crippen MR) is 81.7 cm³/mol. The molecule has 0 saturated heterocycles. The maximum atomic E-state index is 12.1. The fraction of sp³-hybridized carbons (Fsp3) is 0.538. The maximum absolute atomic E-state index is 12.1. The third kappa shape index (κ3) is 4.66. The molecule has 0 aliphatic rings. The topological polar surface area (TPSA) is 75.6 Å². The van der Waals surface area contributed by atoms with E-state index in [4.69, 9.17) is 4.74 Å². The van der Waals surface area contributed by atoms with Gasteiger partial charge >= 0.3 is 0 Å². The summed E-state index contributed by atoms with van der Waals surface area (Å²) >= 11 is 1.59. The molecule has 5 nitrogen and oxygen atoms in total. The number of thioether (sulfide) groups is 1. The van der Waals surface area contributed by atoms with E-state index in [9.17, 15) is 13.5 Å². The maximum Gasteiger partial charge on any atom is 0.240 e. The molecule has 1 unspecified atom stereocenters. The van der Waals surface area contributed by atoms with Crippen molar-refractivity contribution in [2.75, 3.05) is 19.4 Å². The zero-order chi connectivity index (χ0) is 15.2. The van der Waals surface area contributed by atoms with E-state index >= 15 is 0 Å². The Morgan fingerprint density at radius 3 is 2.70 bits per heavy atom. The van der Waals surface area contributed by atoms with Crippen LogP contribution in [0.5, 0.6) is 5.75 Å². The lowest BCUT2D eigenvalue weighted by atomic mass is 10.2. The van der Waals surface area contributed by atoms with Gasteiger partial charge in [0.15, 0.2) is 0 Å². The summed E-state index contributed by atoms with van der Waals surface area (Å²) in [5.41, 5.74) is 0.465. The molecule has 114 valence electrons. The molecular formula is C13H21NO4S2. The zero-order valence-corrected chi connectivity index (χ0v) is 13.6. The predicted octanol–water partition coefficient (Wildman–Crippen LogP) is 1.61. The Morgan fingerprint density at radius 1 is 1.45 bits per heavy atom. The van der Waals surface area contributed by atoms with Crippen molar-refractivity contribution in [1.29, 1.82) is 0 Å². The molecule has 2 N–H and O–H groups in total. The number of hydrogen-bond donors (Lipinski definition) is 2. The van der Waals surface area contributed by atoms with Gasteiger partial charge in [-0.25, -0.2) is 13.1 Å². The Labute approximate surface area is 124 Å². The van der Waals surface area contributed by atoms with Crippen molar-refractivity contribution in [2.24, 2.45) is 0 Å². The third-order valence-corrected chi connectivity index (χ3v) is 5.17. The molecule has 20 heavy (non-hydrogen) atoms. The highest BCUT2D eigenvalue weighted by Gasteiger charge is 2.17. The van der Waals surface area contributed by atoms with Gasteiger partial charge in [-0.05, 0) is 31.4 Å². The molecule has 0 heterocycles. The largest absolute Gasteiger partial charge is 0.494 e. The number of ether oxygens (including phenoxy) is 1. The third-order valence-electron chi connectivity index (χ3n) is 2.78. The van der Waals surface area contributed by atoms with Crippen molar-refractivity contribution in [2.45, 2.75) is 30.6 Å². The van der Waals surface area contributed by atoms with E-state index in [0.29, 0.717) is 24.5 Å². The normalized spacial score (nSPS) is 13.2. The lowest BCUT2D eigenvalue weighted by molar-refractivity contribution is 0.266. The summed E-state index contributed by atoms with van der Waals surface area (Å²) in [6.45, 7) is 4.34. The molecule has 0 radical (unpaired) electrons. The van der Waals surface area contributed by atoms with Gasteiger partial charge < -0.3 is 9.84 Å². The SMILES string of the molecule is CCOc1ccc(S(=O)(=O)NCC(C)SC)cc1CO. The van der Waals surface area contributed by atoms with Crippen molar-refractivity contribution < 1.29 is 18.3 Å². The minimum absolute atomic E-state index is 0.137. The number of hydrogen-bond acceptors (Lipinski definition) is 5. The van der Waals surface area contributed by atoms with Crippen LogP contribution in [0, 0.1) is 0 Å². The first kappa shape index (κ1) is 17.3. The van der Waals surface area contributed by atoms with E-state index in [-0.39, 0.29) is 16.8 Å². The number of rotatable bonds is 8. The summed E-state index contributed by atoms with van der Waals surface area (Å²) in [4.78, 5) is 0.137. The molecule has 0 spiro atoms. The number of nitrogens with one attached hydrogen (secondary N) is 1. The van der Waals surface area contributed by atoms with E-state index in [0.717, 1.165) is 0 Å². The minimum Gasteiger partial charge on any atom is -0.494 e. The Bertz CT molecular complexity index is 531. The first-order valence-corrected chi connectivity index (χ1v) is 9.10. The van der Waals surface area contributed by atoms with Gasteiger partial charge in [0, 0.05) is 17.4 Å². The summed E-state index contributed by atoms with van der Waals surface area (Å²) in [6, 6.07) is 4.49. The van der Waals surface area contributed by atoms with Gasteiger partial charge in [0.2, 0.25) is 10.0 Å². The summed E-state index contributed by atoms with van der Waals surface area (Å²) in [5.74, 6) is 0.506. The molecule has 0 aliphatic heterocycles. The molecule has 0 bridgehead atoms. The van der Waals surface area contributed by atoms with E-state index in [1.807, 2.05) is 20.1 Å².